The third-order valence-electron chi connectivity index (χ3n) is 2.18. The van der Waals surface area contributed by atoms with E-state index in [0.717, 1.165) is 31.1 Å². The van der Waals surface area contributed by atoms with E-state index in [2.05, 4.69) is 24.1 Å². The van der Waals surface area contributed by atoms with Crippen molar-refractivity contribution in [2.45, 2.75) is 33.9 Å². The van der Waals surface area contributed by atoms with Crippen molar-refractivity contribution in [3.63, 3.8) is 0 Å². The summed E-state index contributed by atoms with van der Waals surface area (Å²) in [5, 5.41) is 3.38. The van der Waals surface area contributed by atoms with Crippen molar-refractivity contribution in [2.75, 3.05) is 13.2 Å². The fourth-order valence-corrected chi connectivity index (χ4v) is 1.40. The molecule has 1 heterocycles. The van der Waals surface area contributed by atoms with Gasteiger partial charge in [0.15, 0.2) is 0 Å². The SMILES string of the molecule is CCOCc1cccc(CNCC(C)C)n1. The predicted octanol–water partition coefficient (Wildman–Crippen LogP) is 2.36. The van der Waals surface area contributed by atoms with E-state index in [4.69, 9.17) is 4.74 Å². The van der Waals surface area contributed by atoms with E-state index in [0.29, 0.717) is 12.5 Å². The molecule has 1 rings (SSSR count). The van der Waals surface area contributed by atoms with E-state index in [1.54, 1.807) is 0 Å². The van der Waals surface area contributed by atoms with Crippen LogP contribution in [0.2, 0.25) is 0 Å². The highest BCUT2D eigenvalue weighted by Crippen LogP contribution is 2.01. The van der Waals surface area contributed by atoms with Crippen LogP contribution in [0.3, 0.4) is 0 Å². The number of nitrogens with one attached hydrogen (secondary N) is 1. The fraction of sp³-hybridized carbons (Fsp3) is 0.615. The minimum atomic E-state index is 0.606. The molecule has 0 aliphatic carbocycles. The molecule has 0 fully saturated rings. The van der Waals surface area contributed by atoms with Crippen molar-refractivity contribution in [3.05, 3.63) is 29.6 Å². The first kappa shape index (κ1) is 13.1. The van der Waals surface area contributed by atoms with Crippen molar-refractivity contribution in [3.8, 4) is 0 Å². The fourth-order valence-electron chi connectivity index (χ4n) is 1.40. The summed E-state index contributed by atoms with van der Waals surface area (Å²) in [6.45, 7) is 9.59. The topological polar surface area (TPSA) is 34.1 Å². The van der Waals surface area contributed by atoms with Crippen molar-refractivity contribution < 1.29 is 4.74 Å². The van der Waals surface area contributed by atoms with Gasteiger partial charge in [0.05, 0.1) is 18.0 Å². The molecule has 0 saturated heterocycles. The average Bonchev–Trinajstić information content (AvgIpc) is 2.26. The van der Waals surface area contributed by atoms with Gasteiger partial charge in [-0.25, -0.2) is 0 Å². The molecule has 3 heteroatoms. The molecule has 0 bridgehead atoms. The second-order valence-corrected chi connectivity index (χ2v) is 4.28. The van der Waals surface area contributed by atoms with Gasteiger partial charge in [0.25, 0.3) is 0 Å². The predicted molar refractivity (Wildman–Crippen MR) is 66.1 cm³/mol. The van der Waals surface area contributed by atoms with E-state index in [-0.39, 0.29) is 0 Å². The third-order valence-corrected chi connectivity index (χ3v) is 2.18. The molecule has 0 atom stereocenters. The van der Waals surface area contributed by atoms with E-state index < -0.39 is 0 Å². The number of rotatable bonds is 7. The molecule has 0 amide bonds. The minimum absolute atomic E-state index is 0.606. The Balaban J connectivity index is 2.40. The van der Waals surface area contributed by atoms with Gasteiger partial charge in [-0.2, -0.15) is 0 Å². The zero-order chi connectivity index (χ0) is 11.8. The smallest absolute Gasteiger partial charge is 0.0887 e. The maximum atomic E-state index is 5.33. The summed E-state index contributed by atoms with van der Waals surface area (Å²) in [6.07, 6.45) is 0. The van der Waals surface area contributed by atoms with E-state index in [1.165, 1.54) is 0 Å². The van der Waals surface area contributed by atoms with Crippen LogP contribution in [-0.4, -0.2) is 18.1 Å². The van der Waals surface area contributed by atoms with E-state index in [1.807, 2.05) is 25.1 Å². The molecule has 0 unspecified atom stereocenters. The van der Waals surface area contributed by atoms with Gasteiger partial charge in [-0.05, 0) is 31.5 Å². The number of hydrogen-bond donors (Lipinski definition) is 1. The lowest BCUT2D eigenvalue weighted by atomic mass is 10.2. The summed E-state index contributed by atoms with van der Waals surface area (Å²) in [7, 11) is 0. The number of hydrogen-bond acceptors (Lipinski definition) is 3. The van der Waals surface area contributed by atoms with Crippen molar-refractivity contribution in [1.29, 1.82) is 0 Å². The van der Waals surface area contributed by atoms with Gasteiger partial charge in [-0.1, -0.05) is 19.9 Å². The standard InChI is InChI=1S/C13H22N2O/c1-4-16-10-13-7-5-6-12(15-13)9-14-8-11(2)3/h5-7,11,14H,4,8-10H2,1-3H3. The van der Waals surface area contributed by atoms with Crippen LogP contribution in [0.5, 0.6) is 0 Å². The van der Waals surface area contributed by atoms with Crippen LogP contribution in [0.25, 0.3) is 0 Å². The molecule has 3 nitrogen and oxygen atoms in total. The summed E-state index contributed by atoms with van der Waals surface area (Å²) in [5.41, 5.74) is 2.09. The lowest BCUT2D eigenvalue weighted by Crippen LogP contribution is -2.19. The highest BCUT2D eigenvalue weighted by molar-refractivity contribution is 5.10. The summed E-state index contributed by atoms with van der Waals surface area (Å²) in [4.78, 5) is 4.52. The van der Waals surface area contributed by atoms with Crippen LogP contribution < -0.4 is 5.32 Å². The van der Waals surface area contributed by atoms with Crippen LogP contribution in [0.1, 0.15) is 32.2 Å². The van der Waals surface area contributed by atoms with Gasteiger partial charge in [0.2, 0.25) is 0 Å². The normalized spacial score (nSPS) is 11.0. The Hall–Kier alpha value is -0.930. The Morgan fingerprint density at radius 3 is 2.75 bits per heavy atom. The molecule has 16 heavy (non-hydrogen) atoms. The van der Waals surface area contributed by atoms with E-state index >= 15 is 0 Å². The molecular weight excluding hydrogens is 200 g/mol. The molecule has 90 valence electrons. The van der Waals surface area contributed by atoms with E-state index in [9.17, 15) is 0 Å². The Bertz CT molecular complexity index is 300. The molecule has 1 aromatic heterocycles. The van der Waals surface area contributed by atoms with Crippen LogP contribution in [0, 0.1) is 5.92 Å². The average molecular weight is 222 g/mol. The van der Waals surface area contributed by atoms with Crippen LogP contribution >= 0.6 is 0 Å². The van der Waals surface area contributed by atoms with Crippen LogP contribution in [0.4, 0.5) is 0 Å². The number of ether oxygens (including phenoxy) is 1. The zero-order valence-corrected chi connectivity index (χ0v) is 10.5. The first-order chi connectivity index (χ1) is 7.72. The highest BCUT2D eigenvalue weighted by atomic mass is 16.5. The van der Waals surface area contributed by atoms with Gasteiger partial charge in [0.1, 0.15) is 0 Å². The Morgan fingerprint density at radius 2 is 2.06 bits per heavy atom. The molecule has 0 aromatic carbocycles. The number of aromatic nitrogens is 1. The summed E-state index contributed by atoms with van der Waals surface area (Å²) < 4.78 is 5.33. The molecule has 0 aliphatic rings. The van der Waals surface area contributed by atoms with Crippen molar-refractivity contribution in [1.82, 2.24) is 10.3 Å². The lowest BCUT2D eigenvalue weighted by molar-refractivity contribution is 0.131. The summed E-state index contributed by atoms with van der Waals surface area (Å²) in [6, 6.07) is 6.08. The second kappa shape index (κ2) is 7.36. The maximum absolute atomic E-state index is 5.33. The lowest BCUT2D eigenvalue weighted by Gasteiger charge is -2.08. The van der Waals surface area contributed by atoms with Crippen molar-refractivity contribution >= 4 is 0 Å². The number of pyridine rings is 1. The summed E-state index contributed by atoms with van der Waals surface area (Å²) >= 11 is 0. The van der Waals surface area contributed by atoms with Crippen LogP contribution in [-0.2, 0) is 17.9 Å². The molecule has 1 N–H and O–H groups in total. The molecule has 0 radical (unpaired) electrons. The quantitative estimate of drug-likeness (QED) is 0.769. The first-order valence-corrected chi connectivity index (χ1v) is 5.95. The van der Waals surface area contributed by atoms with Gasteiger partial charge < -0.3 is 10.1 Å². The van der Waals surface area contributed by atoms with Crippen LogP contribution in [0.15, 0.2) is 18.2 Å². The monoisotopic (exact) mass is 222 g/mol. The Morgan fingerprint density at radius 1 is 1.31 bits per heavy atom. The molecular formula is C13H22N2O. The molecule has 1 aromatic rings. The van der Waals surface area contributed by atoms with Gasteiger partial charge in [-0.15, -0.1) is 0 Å². The van der Waals surface area contributed by atoms with Crippen molar-refractivity contribution in [2.24, 2.45) is 5.92 Å². The summed E-state index contributed by atoms with van der Waals surface area (Å²) in [5.74, 6) is 0.673. The molecule has 0 spiro atoms. The Kier molecular flexibility index (Phi) is 6.04. The second-order valence-electron chi connectivity index (χ2n) is 4.28. The van der Waals surface area contributed by atoms with Gasteiger partial charge >= 0.3 is 0 Å². The largest absolute Gasteiger partial charge is 0.375 e. The number of nitrogens with zero attached hydrogens (tertiary/aromatic N) is 1. The first-order valence-electron chi connectivity index (χ1n) is 5.95. The van der Waals surface area contributed by atoms with Gasteiger partial charge in [0, 0.05) is 13.2 Å². The highest BCUT2D eigenvalue weighted by Gasteiger charge is 1.98. The maximum Gasteiger partial charge on any atom is 0.0887 e. The zero-order valence-electron chi connectivity index (χ0n) is 10.5. The minimum Gasteiger partial charge on any atom is -0.375 e. The van der Waals surface area contributed by atoms with Gasteiger partial charge in [-0.3, -0.25) is 4.98 Å². The third kappa shape index (κ3) is 5.24. The molecule has 0 aliphatic heterocycles. The Labute approximate surface area is 98.2 Å². The molecule has 0 saturated carbocycles.